The minimum Gasteiger partial charge on any atom is -0.469 e. The molecule has 0 saturated carbocycles. The van der Waals surface area contributed by atoms with Crippen LogP contribution in [-0.4, -0.2) is 52.0 Å². The van der Waals surface area contributed by atoms with Crippen LogP contribution in [0.4, 0.5) is 13.6 Å². The molecule has 1 aromatic rings. The Balaban J connectivity index is 2.83. The Hall–Kier alpha value is -2.00. The van der Waals surface area contributed by atoms with Gasteiger partial charge in [-0.1, -0.05) is 32.9 Å². The van der Waals surface area contributed by atoms with Crippen LogP contribution in [0.3, 0.4) is 0 Å². The Kier molecular flexibility index (Phi) is 9.42. The van der Waals surface area contributed by atoms with Crippen molar-refractivity contribution in [2.75, 3.05) is 20.8 Å². The maximum atomic E-state index is 13.8. The Morgan fingerprint density at radius 3 is 2.43 bits per heavy atom. The van der Waals surface area contributed by atoms with Crippen LogP contribution in [-0.2, 0) is 20.5 Å². The van der Waals surface area contributed by atoms with Crippen LogP contribution in [0.25, 0.3) is 0 Å². The van der Waals surface area contributed by atoms with Crippen LogP contribution in [0.1, 0.15) is 39.2 Å². The molecule has 1 aromatic carbocycles. The molecule has 1 rings (SSSR count). The van der Waals surface area contributed by atoms with Gasteiger partial charge in [-0.3, -0.25) is 4.79 Å². The predicted octanol–water partition coefficient (Wildman–Crippen LogP) is 4.45. The molecule has 9 heteroatoms. The molecule has 1 unspecified atom stereocenters. The van der Waals surface area contributed by atoms with E-state index in [-0.39, 0.29) is 42.2 Å². The number of likely N-dealkylation sites (N-methyl/N-ethyl adjacent to an activating group) is 1. The number of carbonyl (C=O) groups excluding carboxylic acids is 2. The van der Waals surface area contributed by atoms with Gasteiger partial charge in [0.1, 0.15) is 0 Å². The molecule has 1 atom stereocenters. The Morgan fingerprint density at radius 2 is 1.87 bits per heavy atom. The summed E-state index contributed by atoms with van der Waals surface area (Å²) in [5, 5.41) is 2.59. The molecular formula is C21H34F2N2O4Si. The van der Waals surface area contributed by atoms with E-state index in [0.29, 0.717) is 6.42 Å². The number of urea groups is 1. The highest BCUT2D eigenvalue weighted by Crippen LogP contribution is 2.36. The molecule has 0 heterocycles. The molecule has 0 aliphatic heterocycles. The molecule has 6 nitrogen and oxygen atoms in total. The maximum Gasteiger partial charge on any atom is 0.317 e. The van der Waals surface area contributed by atoms with E-state index in [0.717, 1.165) is 6.07 Å². The first kappa shape index (κ1) is 26.0. The van der Waals surface area contributed by atoms with Crippen LogP contribution in [0.15, 0.2) is 18.2 Å². The second kappa shape index (κ2) is 10.9. The molecule has 0 bridgehead atoms. The third kappa shape index (κ3) is 7.35. The average Bonchev–Trinajstić information content (AvgIpc) is 2.67. The Morgan fingerprint density at radius 1 is 1.23 bits per heavy atom. The third-order valence-electron chi connectivity index (χ3n) is 5.68. The van der Waals surface area contributed by atoms with E-state index in [9.17, 15) is 18.4 Å². The summed E-state index contributed by atoms with van der Waals surface area (Å²) in [6.07, 6.45) is 0.498. The van der Waals surface area contributed by atoms with Crippen LogP contribution in [0, 0.1) is 11.6 Å². The molecule has 0 aliphatic carbocycles. The normalized spacial score (nSPS) is 13.0. The summed E-state index contributed by atoms with van der Waals surface area (Å²) >= 11 is 0. The van der Waals surface area contributed by atoms with Gasteiger partial charge in [-0.25, -0.2) is 13.6 Å². The molecule has 30 heavy (non-hydrogen) atoms. The Bertz CT molecular complexity index is 738. The molecule has 0 spiro atoms. The fraction of sp³-hybridized carbons (Fsp3) is 0.619. The fourth-order valence-electron chi connectivity index (χ4n) is 2.44. The largest absolute Gasteiger partial charge is 0.469 e. The van der Waals surface area contributed by atoms with Crippen molar-refractivity contribution in [2.45, 2.75) is 64.3 Å². The number of hydrogen-bond acceptors (Lipinski definition) is 4. The smallest absolute Gasteiger partial charge is 0.317 e. The number of nitrogens with zero attached hydrogens (tertiary/aromatic N) is 1. The van der Waals surface area contributed by atoms with Crippen molar-refractivity contribution in [3.8, 4) is 0 Å². The molecule has 0 radical (unpaired) electrons. The van der Waals surface area contributed by atoms with Gasteiger partial charge in [0, 0.05) is 25.6 Å². The van der Waals surface area contributed by atoms with Gasteiger partial charge in [0.25, 0.3) is 0 Å². The van der Waals surface area contributed by atoms with Gasteiger partial charge >= 0.3 is 12.0 Å². The average molecular weight is 445 g/mol. The number of amides is 2. The van der Waals surface area contributed by atoms with Gasteiger partial charge in [0.15, 0.2) is 20.0 Å². The second-order valence-electron chi connectivity index (χ2n) is 8.82. The van der Waals surface area contributed by atoms with Gasteiger partial charge in [-0.05, 0) is 30.6 Å². The summed E-state index contributed by atoms with van der Waals surface area (Å²) in [5.41, 5.74) is 0.0559. The molecular weight excluding hydrogens is 410 g/mol. The first-order valence-electron chi connectivity index (χ1n) is 9.94. The minimum absolute atomic E-state index is 0.00433. The maximum absolute atomic E-state index is 13.8. The topological polar surface area (TPSA) is 67.9 Å². The summed E-state index contributed by atoms with van der Waals surface area (Å²) in [6.45, 7) is 10.7. The Labute approximate surface area is 179 Å². The van der Waals surface area contributed by atoms with Crippen molar-refractivity contribution in [1.29, 1.82) is 0 Å². The van der Waals surface area contributed by atoms with Crippen LogP contribution >= 0.6 is 0 Å². The van der Waals surface area contributed by atoms with Crippen molar-refractivity contribution in [3.63, 3.8) is 0 Å². The highest BCUT2D eigenvalue weighted by Gasteiger charge is 2.38. The molecule has 0 saturated heterocycles. The van der Waals surface area contributed by atoms with Gasteiger partial charge < -0.3 is 19.4 Å². The van der Waals surface area contributed by atoms with E-state index in [1.165, 1.54) is 24.1 Å². The lowest BCUT2D eigenvalue weighted by atomic mass is 10.1. The van der Waals surface area contributed by atoms with Crippen LogP contribution in [0.5, 0.6) is 0 Å². The highest BCUT2D eigenvalue weighted by atomic mass is 28.4. The van der Waals surface area contributed by atoms with E-state index in [1.807, 2.05) is 0 Å². The van der Waals surface area contributed by atoms with Gasteiger partial charge in [-0.2, -0.15) is 0 Å². The van der Waals surface area contributed by atoms with Crippen LogP contribution in [0.2, 0.25) is 18.1 Å². The number of hydrogen-bond donors (Lipinski definition) is 1. The van der Waals surface area contributed by atoms with Crippen molar-refractivity contribution in [2.24, 2.45) is 0 Å². The van der Waals surface area contributed by atoms with Crippen molar-refractivity contribution < 1.29 is 27.5 Å². The summed E-state index contributed by atoms with van der Waals surface area (Å²) in [6, 6.07) is 2.97. The number of esters is 1. The SMILES string of the molecule is COC(=O)CCC(CO[Si](C)(C)C(C)(C)C)N(C)C(=O)NCc1cccc(F)c1F. The lowest BCUT2D eigenvalue weighted by molar-refractivity contribution is -0.141. The molecule has 170 valence electrons. The molecule has 0 aliphatic rings. The monoisotopic (exact) mass is 444 g/mol. The summed E-state index contributed by atoms with van der Waals surface area (Å²) in [5.74, 6) is -2.32. The van der Waals surface area contributed by atoms with Gasteiger partial charge in [0.05, 0.1) is 19.8 Å². The van der Waals surface area contributed by atoms with Crippen LogP contribution < -0.4 is 5.32 Å². The minimum atomic E-state index is -2.06. The number of ether oxygens (including phenoxy) is 1. The highest BCUT2D eigenvalue weighted by molar-refractivity contribution is 6.74. The molecule has 1 N–H and O–H groups in total. The lowest BCUT2D eigenvalue weighted by Gasteiger charge is -2.38. The number of halogens is 2. The quantitative estimate of drug-likeness (QED) is 0.451. The molecule has 0 aromatic heterocycles. The van der Waals surface area contributed by atoms with E-state index >= 15 is 0 Å². The standard InChI is InChI=1S/C21H34F2N2O4Si/c1-21(2,3)30(6,7)29-14-16(11-12-18(26)28-5)25(4)20(27)24-13-15-9-8-10-17(22)19(15)23/h8-10,16H,11-14H2,1-7H3,(H,24,27). The van der Waals surface area contributed by atoms with Gasteiger partial charge in [-0.15, -0.1) is 0 Å². The van der Waals surface area contributed by atoms with E-state index < -0.39 is 26.0 Å². The number of benzene rings is 1. The predicted molar refractivity (Wildman–Crippen MR) is 115 cm³/mol. The molecule has 2 amide bonds. The zero-order valence-electron chi connectivity index (χ0n) is 19.0. The fourth-order valence-corrected chi connectivity index (χ4v) is 3.48. The van der Waals surface area contributed by atoms with E-state index in [1.54, 1.807) is 7.05 Å². The van der Waals surface area contributed by atoms with Crippen molar-refractivity contribution in [3.05, 3.63) is 35.4 Å². The number of rotatable bonds is 9. The number of nitrogens with one attached hydrogen (secondary N) is 1. The van der Waals surface area contributed by atoms with Crippen molar-refractivity contribution in [1.82, 2.24) is 10.2 Å². The number of carbonyl (C=O) groups is 2. The summed E-state index contributed by atoms with van der Waals surface area (Å²) < 4.78 is 38.1. The molecule has 0 fully saturated rings. The lowest BCUT2D eigenvalue weighted by Crippen LogP contribution is -2.49. The van der Waals surface area contributed by atoms with Gasteiger partial charge in [0.2, 0.25) is 0 Å². The van der Waals surface area contributed by atoms with Crippen molar-refractivity contribution >= 4 is 20.3 Å². The first-order valence-corrected chi connectivity index (χ1v) is 12.8. The zero-order chi connectivity index (χ0) is 23.1. The summed E-state index contributed by atoms with van der Waals surface area (Å²) in [7, 11) is 0.841. The number of methoxy groups -OCH3 is 1. The summed E-state index contributed by atoms with van der Waals surface area (Å²) in [4.78, 5) is 25.7. The van der Waals surface area contributed by atoms with E-state index in [2.05, 4.69) is 39.2 Å². The first-order chi connectivity index (χ1) is 13.8. The zero-order valence-corrected chi connectivity index (χ0v) is 20.0. The van der Waals surface area contributed by atoms with E-state index in [4.69, 9.17) is 9.16 Å². The third-order valence-corrected chi connectivity index (χ3v) is 10.2. The second-order valence-corrected chi connectivity index (χ2v) is 13.6.